The van der Waals surface area contributed by atoms with E-state index in [1.54, 1.807) is 0 Å². The standard InChI is InChI=1S/C18H33N3O/c1-13(2)8-10-21(11-9-14(3)4)17(22)15-12-16(20-19-15)18(5,6)7/h12-14H,8-11H2,1-7H3,(H,19,20). The monoisotopic (exact) mass is 307 g/mol. The molecule has 1 aromatic heterocycles. The smallest absolute Gasteiger partial charge is 0.274 e. The molecule has 126 valence electrons. The number of hydrogen-bond acceptors (Lipinski definition) is 2. The second-order valence-corrected chi connectivity index (χ2v) is 8.07. The molecule has 0 saturated heterocycles. The molecule has 0 fully saturated rings. The maximum Gasteiger partial charge on any atom is 0.274 e. The summed E-state index contributed by atoms with van der Waals surface area (Å²) in [5.74, 6) is 1.24. The molecule has 0 aliphatic rings. The average molecular weight is 307 g/mol. The van der Waals surface area contributed by atoms with E-state index in [2.05, 4.69) is 58.7 Å². The van der Waals surface area contributed by atoms with Crippen LogP contribution in [0.25, 0.3) is 0 Å². The molecule has 0 radical (unpaired) electrons. The lowest BCUT2D eigenvalue weighted by Crippen LogP contribution is -2.34. The van der Waals surface area contributed by atoms with Gasteiger partial charge in [-0.25, -0.2) is 0 Å². The van der Waals surface area contributed by atoms with Gasteiger partial charge in [0.1, 0.15) is 5.69 Å². The van der Waals surface area contributed by atoms with Crippen LogP contribution in [0.5, 0.6) is 0 Å². The van der Waals surface area contributed by atoms with Crippen molar-refractivity contribution in [2.75, 3.05) is 13.1 Å². The minimum absolute atomic E-state index is 0.0216. The summed E-state index contributed by atoms with van der Waals surface area (Å²) in [5, 5.41) is 7.26. The largest absolute Gasteiger partial charge is 0.337 e. The van der Waals surface area contributed by atoms with Gasteiger partial charge in [0.25, 0.3) is 5.91 Å². The molecule has 22 heavy (non-hydrogen) atoms. The zero-order valence-corrected chi connectivity index (χ0v) is 15.4. The van der Waals surface area contributed by atoms with Gasteiger partial charge in [-0.05, 0) is 30.7 Å². The van der Waals surface area contributed by atoms with Gasteiger partial charge in [0, 0.05) is 24.2 Å². The average Bonchev–Trinajstić information content (AvgIpc) is 2.86. The second kappa shape index (κ2) is 7.80. The molecule has 0 atom stereocenters. The maximum atomic E-state index is 12.8. The van der Waals surface area contributed by atoms with Gasteiger partial charge in [-0.3, -0.25) is 9.89 Å². The molecule has 0 unspecified atom stereocenters. The molecular formula is C18H33N3O. The third-order valence-corrected chi connectivity index (χ3v) is 3.84. The fraction of sp³-hybridized carbons (Fsp3) is 0.778. The molecule has 0 saturated carbocycles. The first-order valence-corrected chi connectivity index (χ1v) is 8.46. The summed E-state index contributed by atoms with van der Waals surface area (Å²) in [7, 11) is 0. The highest BCUT2D eigenvalue weighted by atomic mass is 16.2. The van der Waals surface area contributed by atoms with Crippen LogP contribution in [0.15, 0.2) is 6.07 Å². The maximum absolute atomic E-state index is 12.8. The predicted octanol–water partition coefficient (Wildman–Crippen LogP) is 4.24. The Bertz CT molecular complexity index is 457. The highest BCUT2D eigenvalue weighted by molar-refractivity contribution is 5.92. The first kappa shape index (κ1) is 18.7. The van der Waals surface area contributed by atoms with Crippen molar-refractivity contribution >= 4 is 5.91 Å². The van der Waals surface area contributed by atoms with Crippen LogP contribution in [0.2, 0.25) is 0 Å². The summed E-state index contributed by atoms with van der Waals surface area (Å²) < 4.78 is 0. The molecule has 0 aliphatic heterocycles. The summed E-state index contributed by atoms with van der Waals surface area (Å²) in [6, 6.07) is 1.90. The molecule has 1 rings (SSSR count). The second-order valence-electron chi connectivity index (χ2n) is 8.07. The van der Waals surface area contributed by atoms with Crippen molar-refractivity contribution in [3.8, 4) is 0 Å². The first-order chi connectivity index (χ1) is 10.1. The lowest BCUT2D eigenvalue weighted by molar-refractivity contribution is 0.0735. The third-order valence-electron chi connectivity index (χ3n) is 3.84. The number of nitrogens with one attached hydrogen (secondary N) is 1. The molecule has 0 spiro atoms. The Morgan fingerprint density at radius 2 is 1.64 bits per heavy atom. The third kappa shape index (κ3) is 5.82. The Morgan fingerprint density at radius 1 is 1.14 bits per heavy atom. The van der Waals surface area contributed by atoms with Crippen molar-refractivity contribution in [3.05, 3.63) is 17.5 Å². The zero-order chi connectivity index (χ0) is 16.9. The normalized spacial score (nSPS) is 12.2. The van der Waals surface area contributed by atoms with Crippen LogP contribution in [0, 0.1) is 11.8 Å². The fourth-order valence-corrected chi connectivity index (χ4v) is 2.12. The highest BCUT2D eigenvalue weighted by Gasteiger charge is 2.22. The molecule has 4 nitrogen and oxygen atoms in total. The Hall–Kier alpha value is -1.32. The van der Waals surface area contributed by atoms with Crippen LogP contribution < -0.4 is 0 Å². The van der Waals surface area contributed by atoms with Gasteiger partial charge < -0.3 is 4.90 Å². The Morgan fingerprint density at radius 3 is 2.00 bits per heavy atom. The van der Waals surface area contributed by atoms with Crippen molar-refractivity contribution in [1.29, 1.82) is 0 Å². The van der Waals surface area contributed by atoms with E-state index >= 15 is 0 Å². The van der Waals surface area contributed by atoms with Crippen molar-refractivity contribution in [3.63, 3.8) is 0 Å². The van der Waals surface area contributed by atoms with Crippen LogP contribution in [-0.2, 0) is 5.41 Å². The van der Waals surface area contributed by atoms with Gasteiger partial charge >= 0.3 is 0 Å². The minimum atomic E-state index is -0.0216. The number of carbonyl (C=O) groups excluding carboxylic acids is 1. The predicted molar refractivity (Wildman–Crippen MR) is 92.1 cm³/mol. The lowest BCUT2D eigenvalue weighted by atomic mass is 9.92. The molecule has 4 heteroatoms. The lowest BCUT2D eigenvalue weighted by Gasteiger charge is -2.23. The number of aromatic nitrogens is 2. The van der Waals surface area contributed by atoms with Crippen LogP contribution in [0.1, 0.15) is 77.5 Å². The quantitative estimate of drug-likeness (QED) is 0.819. The number of H-pyrrole nitrogens is 1. The molecule has 1 heterocycles. The number of amides is 1. The number of carbonyl (C=O) groups is 1. The van der Waals surface area contributed by atoms with Crippen LogP contribution in [-0.4, -0.2) is 34.1 Å². The van der Waals surface area contributed by atoms with Gasteiger partial charge in [-0.15, -0.1) is 0 Å². The van der Waals surface area contributed by atoms with Crippen molar-refractivity contribution in [1.82, 2.24) is 15.1 Å². The number of rotatable bonds is 7. The number of aromatic amines is 1. The number of nitrogens with zero attached hydrogens (tertiary/aromatic N) is 2. The van der Waals surface area contributed by atoms with Gasteiger partial charge in [-0.2, -0.15) is 5.10 Å². The van der Waals surface area contributed by atoms with E-state index in [1.165, 1.54) is 0 Å². The Kier molecular flexibility index (Phi) is 6.64. The van der Waals surface area contributed by atoms with Crippen molar-refractivity contribution in [2.24, 2.45) is 11.8 Å². The summed E-state index contributed by atoms with van der Waals surface area (Å²) in [6.07, 6.45) is 2.06. The molecule has 0 aliphatic carbocycles. The molecule has 1 amide bonds. The fourth-order valence-electron chi connectivity index (χ4n) is 2.12. The summed E-state index contributed by atoms with van der Waals surface area (Å²) in [6.45, 7) is 16.7. The molecule has 1 aromatic rings. The van der Waals surface area contributed by atoms with Gasteiger partial charge in [0.2, 0.25) is 0 Å². The first-order valence-electron chi connectivity index (χ1n) is 8.46. The Labute approximate surface area is 135 Å². The topological polar surface area (TPSA) is 49.0 Å². The SMILES string of the molecule is CC(C)CCN(CCC(C)C)C(=O)c1cc(C(C)(C)C)[nH]n1. The summed E-state index contributed by atoms with van der Waals surface area (Å²) in [4.78, 5) is 14.7. The van der Waals surface area contributed by atoms with Crippen LogP contribution in [0.4, 0.5) is 0 Å². The Balaban J connectivity index is 2.83. The van der Waals surface area contributed by atoms with E-state index in [4.69, 9.17) is 0 Å². The van der Waals surface area contributed by atoms with E-state index in [9.17, 15) is 4.79 Å². The molecule has 0 bridgehead atoms. The van der Waals surface area contributed by atoms with Gasteiger partial charge in [0.15, 0.2) is 0 Å². The van der Waals surface area contributed by atoms with E-state index in [1.807, 2.05) is 11.0 Å². The molecule has 0 aromatic carbocycles. The molecule has 1 N–H and O–H groups in total. The van der Waals surface area contributed by atoms with Crippen molar-refractivity contribution in [2.45, 2.75) is 66.7 Å². The summed E-state index contributed by atoms with van der Waals surface area (Å²) in [5.41, 5.74) is 1.52. The van der Waals surface area contributed by atoms with E-state index in [-0.39, 0.29) is 11.3 Å². The zero-order valence-electron chi connectivity index (χ0n) is 15.4. The van der Waals surface area contributed by atoms with Crippen LogP contribution in [0.3, 0.4) is 0 Å². The molecular weight excluding hydrogens is 274 g/mol. The van der Waals surface area contributed by atoms with E-state index in [0.717, 1.165) is 31.6 Å². The van der Waals surface area contributed by atoms with Gasteiger partial charge in [0.05, 0.1) is 0 Å². The van der Waals surface area contributed by atoms with Gasteiger partial charge in [-0.1, -0.05) is 48.5 Å². The number of hydrogen-bond donors (Lipinski definition) is 1. The highest BCUT2D eigenvalue weighted by Crippen LogP contribution is 2.21. The van der Waals surface area contributed by atoms with Crippen LogP contribution >= 0.6 is 0 Å². The van der Waals surface area contributed by atoms with Crippen molar-refractivity contribution < 1.29 is 4.79 Å². The van der Waals surface area contributed by atoms with E-state index < -0.39 is 0 Å². The minimum Gasteiger partial charge on any atom is -0.337 e. The van der Waals surface area contributed by atoms with E-state index in [0.29, 0.717) is 17.5 Å². The summed E-state index contributed by atoms with van der Waals surface area (Å²) >= 11 is 0.